The maximum atomic E-state index is 13.6. The maximum Gasteiger partial charge on any atom is 0.155 e. The van der Waals surface area contributed by atoms with E-state index in [9.17, 15) is 9.90 Å². The minimum absolute atomic E-state index is 0.132. The van der Waals surface area contributed by atoms with E-state index < -0.39 is 5.60 Å². The highest BCUT2D eigenvalue weighted by Crippen LogP contribution is 2.64. The van der Waals surface area contributed by atoms with Crippen LogP contribution in [0.25, 0.3) is 0 Å². The number of ketones is 1. The van der Waals surface area contributed by atoms with Crippen molar-refractivity contribution in [1.29, 1.82) is 0 Å². The highest BCUT2D eigenvalue weighted by atomic mass is 16.5. The first-order valence-electron chi connectivity index (χ1n) is 14.5. The van der Waals surface area contributed by atoms with Gasteiger partial charge in [-0.25, -0.2) is 0 Å². The Morgan fingerprint density at radius 1 is 1.16 bits per heavy atom. The van der Waals surface area contributed by atoms with Gasteiger partial charge in [0.25, 0.3) is 0 Å². The molecule has 0 radical (unpaired) electrons. The molecular formula is C32H46N2O3. The lowest BCUT2D eigenvalue weighted by atomic mass is 9.49. The second kappa shape index (κ2) is 10.6. The number of allylic oxidation sites excluding steroid dienone is 5. The molecule has 5 aliphatic rings. The molecular weight excluding hydrogens is 460 g/mol. The molecule has 0 aromatic heterocycles. The van der Waals surface area contributed by atoms with Crippen LogP contribution in [0.1, 0.15) is 71.6 Å². The van der Waals surface area contributed by atoms with E-state index in [1.54, 1.807) is 13.3 Å². The number of hydrogen-bond donors (Lipinski definition) is 2. The first-order valence-corrected chi connectivity index (χ1v) is 14.5. The van der Waals surface area contributed by atoms with Gasteiger partial charge in [0.15, 0.2) is 5.78 Å². The van der Waals surface area contributed by atoms with E-state index in [4.69, 9.17) is 4.74 Å². The van der Waals surface area contributed by atoms with Crippen molar-refractivity contribution in [1.82, 2.24) is 5.32 Å². The summed E-state index contributed by atoms with van der Waals surface area (Å²) < 4.78 is 5.35. The Hall–Kier alpha value is -1.98. The molecule has 37 heavy (non-hydrogen) atoms. The van der Waals surface area contributed by atoms with Crippen molar-refractivity contribution in [3.8, 4) is 0 Å². The number of hydrogen-bond acceptors (Lipinski definition) is 5. The molecule has 5 nitrogen and oxygen atoms in total. The number of rotatable bonds is 7. The lowest BCUT2D eigenvalue weighted by Crippen LogP contribution is -2.52. The van der Waals surface area contributed by atoms with Crippen LogP contribution in [0.4, 0.5) is 0 Å². The molecule has 4 saturated carbocycles. The summed E-state index contributed by atoms with van der Waals surface area (Å²) in [6.45, 7) is 9.00. The predicted octanol–water partition coefficient (Wildman–Crippen LogP) is 5.78. The molecule has 5 rings (SSSR count). The van der Waals surface area contributed by atoms with Crippen molar-refractivity contribution in [2.45, 2.75) is 77.2 Å². The van der Waals surface area contributed by atoms with Gasteiger partial charge < -0.3 is 15.2 Å². The number of Topliss-reactive ketones (excluding diaryl/α,β-unsaturated/α-hetero) is 1. The van der Waals surface area contributed by atoms with E-state index in [1.165, 1.54) is 32.1 Å². The van der Waals surface area contributed by atoms with Gasteiger partial charge >= 0.3 is 0 Å². The number of carbonyl (C=O) groups is 1. The fourth-order valence-electron chi connectivity index (χ4n) is 9.32. The number of ether oxygens (including phenoxy) is 1. The number of nitrogens with zero attached hydrogens (tertiary/aromatic N) is 1. The molecule has 0 amide bonds. The van der Waals surface area contributed by atoms with E-state index in [0.29, 0.717) is 30.8 Å². The fraction of sp³-hybridized carbons (Fsp3) is 0.688. The monoisotopic (exact) mass is 506 g/mol. The Balaban J connectivity index is 1.22. The lowest BCUT2D eigenvalue weighted by Gasteiger charge is -2.57. The van der Waals surface area contributed by atoms with E-state index in [1.807, 2.05) is 25.2 Å². The largest absolute Gasteiger partial charge is 0.387 e. The summed E-state index contributed by atoms with van der Waals surface area (Å²) in [5.41, 5.74) is 2.42. The number of methoxy groups -OCH3 is 1. The highest BCUT2D eigenvalue weighted by molar-refractivity contribution is 6.12. The lowest BCUT2D eigenvalue weighted by molar-refractivity contribution is -0.135. The van der Waals surface area contributed by atoms with Gasteiger partial charge in [0, 0.05) is 24.9 Å². The van der Waals surface area contributed by atoms with E-state index in [-0.39, 0.29) is 11.3 Å². The van der Waals surface area contributed by atoms with Crippen molar-refractivity contribution in [2.24, 2.45) is 45.9 Å². The Morgan fingerprint density at radius 3 is 2.73 bits per heavy atom. The van der Waals surface area contributed by atoms with Gasteiger partial charge in [-0.05, 0) is 124 Å². The first-order chi connectivity index (χ1) is 17.8. The van der Waals surface area contributed by atoms with Crippen LogP contribution >= 0.6 is 0 Å². The summed E-state index contributed by atoms with van der Waals surface area (Å²) in [7, 11) is 1.70. The predicted molar refractivity (Wildman–Crippen MR) is 149 cm³/mol. The molecule has 0 heterocycles. The summed E-state index contributed by atoms with van der Waals surface area (Å²) in [4.78, 5) is 17.9. The molecule has 0 aliphatic heterocycles. The molecule has 4 fully saturated rings. The van der Waals surface area contributed by atoms with E-state index >= 15 is 0 Å². The van der Waals surface area contributed by atoms with Crippen LogP contribution in [-0.4, -0.2) is 42.5 Å². The summed E-state index contributed by atoms with van der Waals surface area (Å²) >= 11 is 0. The average molecular weight is 507 g/mol. The van der Waals surface area contributed by atoms with Gasteiger partial charge in [-0.1, -0.05) is 19.6 Å². The van der Waals surface area contributed by atoms with Gasteiger partial charge in [0.1, 0.15) is 0 Å². The van der Waals surface area contributed by atoms with Crippen molar-refractivity contribution >= 4 is 11.5 Å². The zero-order chi connectivity index (χ0) is 26.2. The summed E-state index contributed by atoms with van der Waals surface area (Å²) in [5.74, 6) is 4.12. The number of aliphatic hydroxyl groups is 1. The molecule has 0 aromatic carbocycles. The van der Waals surface area contributed by atoms with Crippen molar-refractivity contribution in [3.05, 3.63) is 48.4 Å². The fourth-order valence-corrected chi connectivity index (χ4v) is 9.32. The Labute approximate surface area is 223 Å². The molecule has 2 N–H and O–H groups in total. The van der Waals surface area contributed by atoms with Crippen molar-refractivity contribution in [3.63, 3.8) is 0 Å². The van der Waals surface area contributed by atoms with Crippen LogP contribution in [0.5, 0.6) is 0 Å². The highest BCUT2D eigenvalue weighted by Gasteiger charge is 2.58. The Kier molecular flexibility index (Phi) is 7.66. The van der Waals surface area contributed by atoms with Gasteiger partial charge in [-0.15, -0.1) is 0 Å². The normalized spacial score (nSPS) is 43.1. The van der Waals surface area contributed by atoms with Crippen molar-refractivity contribution < 1.29 is 14.6 Å². The maximum absolute atomic E-state index is 13.6. The first kappa shape index (κ1) is 26.6. The third kappa shape index (κ3) is 4.94. The minimum atomic E-state index is -0.625. The third-order valence-corrected chi connectivity index (χ3v) is 10.9. The standard InChI is InChI=1S/C32H46N2O3/c1-5-21-17-23(8-12-29(21)33-6-2)34-19-30(35)28-11-10-27-26-9-7-22-18-32(36,20-37-4)16-14-24(22)25(26)13-15-31(27,28)3/h5-6,8,12,17,22,24-28,34,36H,2,7,9-11,13-16,18-20H2,1,3-4H3/b21-5-,33-29-/t22-,24-,25?,26?,27?,28+,31-,32+/m0/s1. The third-order valence-electron chi connectivity index (χ3n) is 10.9. The minimum Gasteiger partial charge on any atom is -0.387 e. The number of nitrogens with one attached hydrogen (secondary N) is 1. The number of fused-ring (bicyclic) bond motifs is 5. The molecule has 0 saturated heterocycles. The molecule has 0 bridgehead atoms. The topological polar surface area (TPSA) is 70.9 Å². The SMILES string of the molecule is C=C/N=C1/C=CC(NCC(=O)[C@H]2CCC3C4CC[C@H]5C[C@@](O)(COC)CC[C@@H]5C4CC[C@@]32C)=C/C1=C/C. The summed E-state index contributed by atoms with van der Waals surface area (Å²) in [5, 5.41) is 14.4. The summed E-state index contributed by atoms with van der Waals surface area (Å²) in [6.07, 6.45) is 19.7. The van der Waals surface area contributed by atoms with Crippen LogP contribution in [0.2, 0.25) is 0 Å². The molecule has 5 heteroatoms. The van der Waals surface area contributed by atoms with Gasteiger partial charge in [0.2, 0.25) is 0 Å². The molecule has 5 aliphatic carbocycles. The molecule has 0 spiro atoms. The average Bonchev–Trinajstić information content (AvgIpc) is 3.25. The smallest absolute Gasteiger partial charge is 0.155 e. The van der Waals surface area contributed by atoms with Crippen LogP contribution < -0.4 is 5.32 Å². The number of carbonyl (C=O) groups excluding carboxylic acids is 1. The molecule has 202 valence electrons. The second-order valence-electron chi connectivity index (χ2n) is 12.7. The molecule has 3 unspecified atom stereocenters. The van der Waals surface area contributed by atoms with E-state index in [0.717, 1.165) is 60.4 Å². The Bertz CT molecular complexity index is 1030. The van der Waals surface area contributed by atoms with E-state index in [2.05, 4.69) is 29.9 Å². The van der Waals surface area contributed by atoms with Crippen LogP contribution in [0.15, 0.2) is 53.3 Å². The second-order valence-corrected chi connectivity index (χ2v) is 12.7. The molecule has 0 aromatic rings. The quantitative estimate of drug-likeness (QED) is 0.459. The van der Waals surface area contributed by atoms with Gasteiger partial charge in [-0.2, -0.15) is 0 Å². The summed E-state index contributed by atoms with van der Waals surface area (Å²) in [6, 6.07) is 0. The van der Waals surface area contributed by atoms with Crippen LogP contribution in [0, 0.1) is 40.9 Å². The zero-order valence-corrected chi connectivity index (χ0v) is 23.0. The van der Waals surface area contributed by atoms with Gasteiger partial charge in [0.05, 0.1) is 24.5 Å². The van der Waals surface area contributed by atoms with Gasteiger partial charge in [-0.3, -0.25) is 9.79 Å². The number of aliphatic imine (C=N–C) groups is 1. The zero-order valence-electron chi connectivity index (χ0n) is 23.0. The van der Waals surface area contributed by atoms with Crippen LogP contribution in [0.3, 0.4) is 0 Å². The van der Waals surface area contributed by atoms with Crippen molar-refractivity contribution in [2.75, 3.05) is 20.3 Å². The Morgan fingerprint density at radius 2 is 1.97 bits per heavy atom. The molecule has 8 atom stereocenters. The van der Waals surface area contributed by atoms with Crippen LogP contribution in [-0.2, 0) is 9.53 Å².